The van der Waals surface area contributed by atoms with Crippen molar-refractivity contribution in [3.8, 4) is 0 Å². The van der Waals surface area contributed by atoms with Crippen molar-refractivity contribution in [2.45, 2.75) is 39.7 Å². The second-order valence-electron chi connectivity index (χ2n) is 6.07. The van der Waals surface area contributed by atoms with Crippen molar-refractivity contribution >= 4 is 0 Å². The molecule has 1 aromatic heterocycles. The SMILES string of the molecule is CN(CCCC(C)(C)CCN)Cc1cnn(C)c1. The molecule has 0 saturated heterocycles. The van der Waals surface area contributed by atoms with Gasteiger partial charge in [0.15, 0.2) is 0 Å². The van der Waals surface area contributed by atoms with Crippen molar-refractivity contribution in [1.82, 2.24) is 14.7 Å². The van der Waals surface area contributed by atoms with E-state index < -0.39 is 0 Å². The number of nitrogens with zero attached hydrogens (tertiary/aromatic N) is 3. The zero-order valence-corrected chi connectivity index (χ0v) is 12.3. The Kier molecular flexibility index (Phi) is 5.82. The van der Waals surface area contributed by atoms with Gasteiger partial charge in [0.1, 0.15) is 0 Å². The minimum atomic E-state index is 0.379. The summed E-state index contributed by atoms with van der Waals surface area (Å²) in [5.41, 5.74) is 7.29. The fourth-order valence-electron chi connectivity index (χ4n) is 2.29. The van der Waals surface area contributed by atoms with Gasteiger partial charge in [0.25, 0.3) is 0 Å². The van der Waals surface area contributed by atoms with E-state index in [2.05, 4.69) is 37.1 Å². The molecule has 0 aliphatic rings. The Labute approximate surface area is 111 Å². The molecule has 4 nitrogen and oxygen atoms in total. The van der Waals surface area contributed by atoms with Crippen LogP contribution in [0.4, 0.5) is 0 Å². The number of nitrogens with two attached hydrogens (primary N) is 1. The van der Waals surface area contributed by atoms with E-state index in [9.17, 15) is 0 Å². The lowest BCUT2D eigenvalue weighted by molar-refractivity contribution is 0.259. The predicted octanol–water partition coefficient (Wildman–Crippen LogP) is 2.01. The quantitative estimate of drug-likeness (QED) is 0.770. The molecular weight excluding hydrogens is 224 g/mol. The van der Waals surface area contributed by atoms with Gasteiger partial charge in [-0.3, -0.25) is 4.68 Å². The van der Waals surface area contributed by atoms with E-state index in [1.54, 1.807) is 0 Å². The fourth-order valence-corrected chi connectivity index (χ4v) is 2.29. The van der Waals surface area contributed by atoms with Crippen LogP contribution >= 0.6 is 0 Å². The first-order valence-corrected chi connectivity index (χ1v) is 6.79. The van der Waals surface area contributed by atoms with Crippen molar-refractivity contribution in [2.75, 3.05) is 20.1 Å². The summed E-state index contributed by atoms with van der Waals surface area (Å²) < 4.78 is 1.85. The van der Waals surface area contributed by atoms with E-state index >= 15 is 0 Å². The number of rotatable bonds is 8. The summed E-state index contributed by atoms with van der Waals surface area (Å²) in [4.78, 5) is 2.36. The van der Waals surface area contributed by atoms with Gasteiger partial charge in [-0.05, 0) is 44.8 Å². The van der Waals surface area contributed by atoms with Gasteiger partial charge in [-0.15, -0.1) is 0 Å². The highest BCUT2D eigenvalue weighted by atomic mass is 15.2. The number of hydrogen-bond donors (Lipinski definition) is 1. The molecule has 0 amide bonds. The van der Waals surface area contributed by atoms with Gasteiger partial charge in [0.2, 0.25) is 0 Å². The van der Waals surface area contributed by atoms with E-state index in [0.29, 0.717) is 5.41 Å². The Hall–Kier alpha value is -0.870. The molecule has 1 heterocycles. The van der Waals surface area contributed by atoms with Crippen LogP contribution < -0.4 is 5.73 Å². The van der Waals surface area contributed by atoms with E-state index in [1.807, 2.05) is 17.9 Å². The van der Waals surface area contributed by atoms with Gasteiger partial charge in [-0.1, -0.05) is 13.8 Å². The Bertz CT molecular complexity index is 343. The second-order valence-corrected chi connectivity index (χ2v) is 6.07. The largest absolute Gasteiger partial charge is 0.330 e. The molecule has 1 aromatic rings. The van der Waals surface area contributed by atoms with Crippen LogP contribution in [0.5, 0.6) is 0 Å². The summed E-state index contributed by atoms with van der Waals surface area (Å²) in [6.07, 6.45) is 7.59. The van der Waals surface area contributed by atoms with E-state index in [-0.39, 0.29) is 0 Å². The lowest BCUT2D eigenvalue weighted by Gasteiger charge is -2.25. The molecule has 0 fully saturated rings. The highest BCUT2D eigenvalue weighted by molar-refractivity contribution is 5.02. The molecule has 0 bridgehead atoms. The Balaban J connectivity index is 2.23. The average Bonchev–Trinajstić information content (AvgIpc) is 2.63. The molecule has 0 aromatic carbocycles. The van der Waals surface area contributed by atoms with Crippen LogP contribution in [0, 0.1) is 5.41 Å². The third-order valence-electron chi connectivity index (χ3n) is 3.43. The Morgan fingerprint density at radius 3 is 2.67 bits per heavy atom. The van der Waals surface area contributed by atoms with Crippen LogP contribution in [-0.4, -0.2) is 34.8 Å². The van der Waals surface area contributed by atoms with Gasteiger partial charge in [-0.25, -0.2) is 0 Å². The summed E-state index contributed by atoms with van der Waals surface area (Å²) in [5.74, 6) is 0. The maximum Gasteiger partial charge on any atom is 0.0534 e. The van der Waals surface area contributed by atoms with E-state index in [4.69, 9.17) is 5.73 Å². The third kappa shape index (κ3) is 5.65. The van der Waals surface area contributed by atoms with Crippen molar-refractivity contribution in [3.63, 3.8) is 0 Å². The minimum absolute atomic E-state index is 0.379. The molecule has 0 radical (unpaired) electrons. The van der Waals surface area contributed by atoms with Crippen LogP contribution in [0.3, 0.4) is 0 Å². The van der Waals surface area contributed by atoms with Crippen molar-refractivity contribution in [2.24, 2.45) is 18.2 Å². The van der Waals surface area contributed by atoms with Crippen LogP contribution in [0.15, 0.2) is 12.4 Å². The van der Waals surface area contributed by atoms with Crippen LogP contribution in [-0.2, 0) is 13.6 Å². The van der Waals surface area contributed by atoms with Gasteiger partial charge in [-0.2, -0.15) is 5.10 Å². The first-order valence-electron chi connectivity index (χ1n) is 6.79. The smallest absolute Gasteiger partial charge is 0.0534 e. The summed E-state index contributed by atoms with van der Waals surface area (Å²) in [7, 11) is 4.13. The Morgan fingerprint density at radius 2 is 2.11 bits per heavy atom. The molecule has 1 rings (SSSR count). The molecule has 0 spiro atoms. The topological polar surface area (TPSA) is 47.1 Å². The lowest BCUT2D eigenvalue weighted by Crippen LogP contribution is -2.22. The van der Waals surface area contributed by atoms with Crippen LogP contribution in [0.25, 0.3) is 0 Å². The van der Waals surface area contributed by atoms with Crippen LogP contribution in [0.2, 0.25) is 0 Å². The van der Waals surface area contributed by atoms with Gasteiger partial charge in [0, 0.05) is 25.4 Å². The molecular formula is C14H28N4. The van der Waals surface area contributed by atoms with Crippen molar-refractivity contribution < 1.29 is 0 Å². The first-order chi connectivity index (χ1) is 8.43. The molecule has 104 valence electrons. The third-order valence-corrected chi connectivity index (χ3v) is 3.43. The molecule has 18 heavy (non-hydrogen) atoms. The lowest BCUT2D eigenvalue weighted by atomic mass is 9.84. The number of hydrogen-bond acceptors (Lipinski definition) is 3. The van der Waals surface area contributed by atoms with E-state index in [0.717, 1.165) is 26.1 Å². The average molecular weight is 252 g/mol. The Morgan fingerprint density at radius 1 is 1.39 bits per heavy atom. The summed E-state index contributed by atoms with van der Waals surface area (Å²) in [5, 5.41) is 4.19. The van der Waals surface area contributed by atoms with Gasteiger partial charge in [0.05, 0.1) is 6.20 Å². The highest BCUT2D eigenvalue weighted by Crippen LogP contribution is 2.25. The normalized spacial score (nSPS) is 12.3. The number of aromatic nitrogens is 2. The standard InChI is InChI=1S/C14H28N4/c1-14(2,7-8-15)6-5-9-17(3)11-13-10-16-18(4)12-13/h10,12H,5-9,11,15H2,1-4H3. The molecule has 0 unspecified atom stereocenters. The minimum Gasteiger partial charge on any atom is -0.330 e. The van der Waals surface area contributed by atoms with Gasteiger partial charge >= 0.3 is 0 Å². The maximum atomic E-state index is 5.63. The van der Waals surface area contributed by atoms with Crippen LogP contribution in [0.1, 0.15) is 38.7 Å². The van der Waals surface area contributed by atoms with Gasteiger partial charge < -0.3 is 10.6 Å². The monoisotopic (exact) mass is 252 g/mol. The highest BCUT2D eigenvalue weighted by Gasteiger charge is 2.16. The molecule has 4 heteroatoms. The molecule has 0 atom stereocenters. The molecule has 0 aliphatic carbocycles. The zero-order chi connectivity index (χ0) is 13.6. The zero-order valence-electron chi connectivity index (χ0n) is 12.3. The number of aryl methyl sites for hydroxylation is 1. The van der Waals surface area contributed by atoms with Crippen molar-refractivity contribution in [3.05, 3.63) is 18.0 Å². The second kappa shape index (κ2) is 6.90. The molecule has 0 saturated carbocycles. The predicted molar refractivity (Wildman–Crippen MR) is 76.2 cm³/mol. The fraction of sp³-hybridized carbons (Fsp3) is 0.786. The molecule has 0 aliphatic heterocycles. The first kappa shape index (κ1) is 15.2. The van der Waals surface area contributed by atoms with Crippen molar-refractivity contribution in [1.29, 1.82) is 0 Å². The summed E-state index contributed by atoms with van der Waals surface area (Å²) >= 11 is 0. The van der Waals surface area contributed by atoms with E-state index in [1.165, 1.54) is 18.4 Å². The maximum absolute atomic E-state index is 5.63. The summed E-state index contributed by atoms with van der Waals surface area (Å²) in [6.45, 7) is 7.51. The molecule has 2 N–H and O–H groups in total. The summed E-state index contributed by atoms with van der Waals surface area (Å²) in [6, 6.07) is 0.